The summed E-state index contributed by atoms with van der Waals surface area (Å²) in [4.78, 5) is 0. The van der Waals surface area contributed by atoms with Crippen molar-refractivity contribution in [2.24, 2.45) is 0 Å². The van der Waals surface area contributed by atoms with Crippen LogP contribution in [-0.4, -0.2) is 37.5 Å². The summed E-state index contributed by atoms with van der Waals surface area (Å²) < 4.78 is 5.01. The molecule has 0 spiro atoms. The van der Waals surface area contributed by atoms with Crippen molar-refractivity contribution in [2.45, 2.75) is 25.5 Å². The summed E-state index contributed by atoms with van der Waals surface area (Å²) in [5.41, 5.74) is 1.16. The van der Waals surface area contributed by atoms with E-state index in [1.165, 1.54) is 0 Å². The number of hydrogen-bond acceptors (Lipinski definition) is 3. The van der Waals surface area contributed by atoms with E-state index in [2.05, 4.69) is 5.32 Å². The van der Waals surface area contributed by atoms with E-state index in [0.717, 1.165) is 5.56 Å². The van der Waals surface area contributed by atoms with Crippen LogP contribution in [0.2, 0.25) is 0 Å². The zero-order chi connectivity index (χ0) is 11.8. The zero-order valence-corrected chi connectivity index (χ0v) is 10.0. The van der Waals surface area contributed by atoms with Gasteiger partial charge >= 0.3 is 0 Å². The van der Waals surface area contributed by atoms with Crippen LogP contribution in [-0.2, 0) is 11.2 Å². The van der Waals surface area contributed by atoms with E-state index in [-0.39, 0.29) is 12.1 Å². The lowest BCUT2D eigenvalue weighted by atomic mass is 10.1. The predicted molar refractivity (Wildman–Crippen MR) is 65.5 cm³/mol. The summed E-state index contributed by atoms with van der Waals surface area (Å²) in [5, 5.41) is 13.0. The van der Waals surface area contributed by atoms with Gasteiger partial charge in [0.25, 0.3) is 0 Å². The molecule has 0 amide bonds. The molecule has 1 aromatic carbocycles. The fraction of sp³-hybridized carbons (Fsp3) is 0.538. The van der Waals surface area contributed by atoms with Gasteiger partial charge in [-0.1, -0.05) is 30.3 Å². The van der Waals surface area contributed by atoms with Crippen molar-refractivity contribution in [3.05, 3.63) is 35.9 Å². The first-order chi connectivity index (χ1) is 7.72. The van der Waals surface area contributed by atoms with E-state index >= 15 is 0 Å². The Hall–Kier alpha value is -0.900. The molecule has 2 N–H and O–H groups in total. The van der Waals surface area contributed by atoms with Crippen LogP contribution in [0.1, 0.15) is 12.5 Å². The number of benzene rings is 1. The largest absolute Gasteiger partial charge is 0.391 e. The van der Waals surface area contributed by atoms with E-state index in [1.54, 1.807) is 7.11 Å². The van der Waals surface area contributed by atoms with Gasteiger partial charge in [0.1, 0.15) is 0 Å². The lowest BCUT2D eigenvalue weighted by Gasteiger charge is -2.16. The smallest absolute Gasteiger partial charge is 0.0704 e. The van der Waals surface area contributed by atoms with E-state index in [0.29, 0.717) is 19.6 Å². The average molecular weight is 223 g/mol. The van der Waals surface area contributed by atoms with Gasteiger partial charge in [-0.2, -0.15) is 0 Å². The van der Waals surface area contributed by atoms with Crippen LogP contribution in [0.5, 0.6) is 0 Å². The van der Waals surface area contributed by atoms with Crippen molar-refractivity contribution in [3.8, 4) is 0 Å². The first-order valence-corrected chi connectivity index (χ1v) is 5.66. The molecule has 0 aliphatic rings. The lowest BCUT2D eigenvalue weighted by Crippen LogP contribution is -2.37. The summed E-state index contributed by atoms with van der Waals surface area (Å²) >= 11 is 0. The van der Waals surface area contributed by atoms with Gasteiger partial charge in [0.2, 0.25) is 0 Å². The SMILES string of the molecule is COCC(C)NCC(O)Cc1ccccc1. The highest BCUT2D eigenvalue weighted by Crippen LogP contribution is 2.02. The van der Waals surface area contributed by atoms with E-state index in [1.807, 2.05) is 37.3 Å². The number of aliphatic hydroxyl groups is 1. The number of ether oxygens (including phenoxy) is 1. The Morgan fingerprint density at radius 2 is 2.00 bits per heavy atom. The third-order valence-corrected chi connectivity index (χ3v) is 2.43. The molecule has 1 rings (SSSR count). The third kappa shape index (κ3) is 5.26. The number of rotatable bonds is 7. The zero-order valence-electron chi connectivity index (χ0n) is 10.0. The maximum atomic E-state index is 9.82. The minimum absolute atomic E-state index is 0.274. The van der Waals surface area contributed by atoms with Crippen LogP contribution in [0, 0.1) is 0 Å². The maximum absolute atomic E-state index is 9.82. The van der Waals surface area contributed by atoms with Crippen LogP contribution in [0.25, 0.3) is 0 Å². The fourth-order valence-corrected chi connectivity index (χ4v) is 1.60. The second kappa shape index (κ2) is 7.39. The number of aliphatic hydroxyl groups excluding tert-OH is 1. The topological polar surface area (TPSA) is 41.5 Å². The Kier molecular flexibility index (Phi) is 6.08. The van der Waals surface area contributed by atoms with Crippen molar-refractivity contribution < 1.29 is 9.84 Å². The lowest BCUT2D eigenvalue weighted by molar-refractivity contribution is 0.142. The minimum atomic E-state index is -0.346. The quantitative estimate of drug-likeness (QED) is 0.730. The van der Waals surface area contributed by atoms with Crippen molar-refractivity contribution in [1.82, 2.24) is 5.32 Å². The molecule has 0 radical (unpaired) electrons. The Morgan fingerprint density at radius 3 is 2.62 bits per heavy atom. The molecule has 0 bridgehead atoms. The highest BCUT2D eigenvalue weighted by Gasteiger charge is 2.07. The summed E-state index contributed by atoms with van der Waals surface area (Å²) in [6.07, 6.45) is 0.342. The van der Waals surface area contributed by atoms with E-state index < -0.39 is 0 Å². The molecule has 0 saturated carbocycles. The molecule has 0 fully saturated rings. The molecule has 0 aromatic heterocycles. The number of hydrogen-bond donors (Lipinski definition) is 2. The highest BCUT2D eigenvalue weighted by atomic mass is 16.5. The predicted octanol–water partition coefficient (Wildman–Crippen LogP) is 1.21. The molecule has 2 unspecified atom stereocenters. The second-order valence-electron chi connectivity index (χ2n) is 4.11. The van der Waals surface area contributed by atoms with Crippen molar-refractivity contribution in [1.29, 1.82) is 0 Å². The molecule has 1 aromatic rings. The summed E-state index contributed by atoms with van der Waals surface area (Å²) in [6, 6.07) is 10.3. The van der Waals surface area contributed by atoms with Crippen LogP contribution >= 0.6 is 0 Å². The standard InChI is InChI=1S/C13H21NO2/c1-11(10-16-2)14-9-13(15)8-12-6-4-3-5-7-12/h3-7,11,13-15H,8-10H2,1-2H3. The Morgan fingerprint density at radius 1 is 1.31 bits per heavy atom. The molecule has 0 aliphatic heterocycles. The van der Waals surface area contributed by atoms with Gasteiger partial charge in [0.05, 0.1) is 12.7 Å². The fourth-order valence-electron chi connectivity index (χ4n) is 1.60. The van der Waals surface area contributed by atoms with Crippen molar-refractivity contribution >= 4 is 0 Å². The van der Waals surface area contributed by atoms with Crippen molar-refractivity contribution in [3.63, 3.8) is 0 Å². The molecule has 90 valence electrons. The van der Waals surface area contributed by atoms with Gasteiger partial charge in [0, 0.05) is 19.7 Å². The molecular weight excluding hydrogens is 202 g/mol. The van der Waals surface area contributed by atoms with Gasteiger partial charge in [-0.3, -0.25) is 0 Å². The minimum Gasteiger partial charge on any atom is -0.391 e. The Bertz CT molecular complexity index is 277. The van der Waals surface area contributed by atoms with Crippen LogP contribution in [0.15, 0.2) is 30.3 Å². The van der Waals surface area contributed by atoms with Crippen molar-refractivity contribution in [2.75, 3.05) is 20.3 Å². The monoisotopic (exact) mass is 223 g/mol. The molecule has 3 heteroatoms. The number of methoxy groups -OCH3 is 1. The second-order valence-corrected chi connectivity index (χ2v) is 4.11. The van der Waals surface area contributed by atoms with Gasteiger partial charge in [0.15, 0.2) is 0 Å². The molecule has 0 saturated heterocycles. The summed E-state index contributed by atoms with van der Waals surface area (Å²) in [7, 11) is 1.68. The van der Waals surface area contributed by atoms with Crippen LogP contribution in [0.3, 0.4) is 0 Å². The molecule has 0 aliphatic carbocycles. The van der Waals surface area contributed by atoms with Gasteiger partial charge < -0.3 is 15.2 Å². The number of nitrogens with one attached hydrogen (secondary N) is 1. The Labute approximate surface area is 97.4 Å². The Balaban J connectivity index is 2.23. The molecule has 2 atom stereocenters. The first-order valence-electron chi connectivity index (χ1n) is 5.66. The molecular formula is C13H21NO2. The molecule has 3 nitrogen and oxygen atoms in total. The molecule has 16 heavy (non-hydrogen) atoms. The van der Waals surface area contributed by atoms with Gasteiger partial charge in [-0.05, 0) is 18.9 Å². The molecule has 0 heterocycles. The van der Waals surface area contributed by atoms with Gasteiger partial charge in [-0.25, -0.2) is 0 Å². The summed E-state index contributed by atoms with van der Waals surface area (Å²) in [5.74, 6) is 0. The highest BCUT2D eigenvalue weighted by molar-refractivity contribution is 5.15. The maximum Gasteiger partial charge on any atom is 0.0704 e. The van der Waals surface area contributed by atoms with Gasteiger partial charge in [-0.15, -0.1) is 0 Å². The van der Waals surface area contributed by atoms with E-state index in [9.17, 15) is 5.11 Å². The summed E-state index contributed by atoms with van der Waals surface area (Å²) in [6.45, 7) is 3.30. The average Bonchev–Trinajstić information content (AvgIpc) is 2.28. The normalized spacial score (nSPS) is 14.7. The first kappa shape index (κ1) is 13.2. The van der Waals surface area contributed by atoms with E-state index in [4.69, 9.17) is 4.74 Å². The third-order valence-electron chi connectivity index (χ3n) is 2.43. The van der Waals surface area contributed by atoms with Crippen LogP contribution in [0.4, 0.5) is 0 Å². The van der Waals surface area contributed by atoms with Crippen LogP contribution < -0.4 is 5.32 Å².